The molecule has 1 aliphatic heterocycles. The predicted octanol–water partition coefficient (Wildman–Crippen LogP) is 2.42. The van der Waals surface area contributed by atoms with E-state index in [0.29, 0.717) is 12.0 Å². The second-order valence-corrected chi connectivity index (χ2v) is 6.91. The monoisotopic (exact) mass is 280 g/mol. The van der Waals surface area contributed by atoms with E-state index in [9.17, 15) is 4.21 Å². The van der Waals surface area contributed by atoms with Crippen molar-refractivity contribution in [2.75, 3.05) is 19.6 Å². The molecule has 2 unspecified atom stereocenters. The molecule has 1 saturated heterocycles. The average Bonchev–Trinajstić information content (AvgIpc) is 2.46. The molecule has 1 N–H and O–H groups in total. The average molecular weight is 280 g/mol. The molecule has 4 heteroatoms. The number of nitrogens with one attached hydrogen (secondary N) is 1. The van der Waals surface area contributed by atoms with Gasteiger partial charge in [0.25, 0.3) is 0 Å². The van der Waals surface area contributed by atoms with Crippen LogP contribution < -0.4 is 5.32 Å². The van der Waals surface area contributed by atoms with Gasteiger partial charge in [-0.05, 0) is 57.8 Å². The van der Waals surface area contributed by atoms with Gasteiger partial charge >= 0.3 is 0 Å². The van der Waals surface area contributed by atoms with Crippen LogP contribution in [0.4, 0.5) is 0 Å². The fourth-order valence-corrected chi connectivity index (χ4v) is 3.87. The minimum absolute atomic E-state index is 0.294. The molecule has 2 atom stereocenters. The zero-order chi connectivity index (χ0) is 13.7. The number of piperidine rings is 1. The number of hydrogen-bond donors (Lipinski definition) is 1. The highest BCUT2D eigenvalue weighted by molar-refractivity contribution is 7.82. The van der Waals surface area contributed by atoms with Crippen LogP contribution in [-0.4, -0.2) is 34.2 Å². The van der Waals surface area contributed by atoms with E-state index >= 15 is 0 Å². The molecule has 106 valence electrons. The quantitative estimate of drug-likeness (QED) is 0.898. The first-order chi connectivity index (χ1) is 9.18. The summed E-state index contributed by atoms with van der Waals surface area (Å²) in [6.45, 7) is 7.33. The van der Waals surface area contributed by atoms with Gasteiger partial charge in [0.15, 0.2) is 0 Å². The molecule has 0 aliphatic carbocycles. The molecule has 0 amide bonds. The number of nitrogens with zero attached hydrogens (tertiary/aromatic N) is 1. The van der Waals surface area contributed by atoms with Crippen molar-refractivity contribution in [2.45, 2.75) is 37.6 Å². The third-order valence-corrected chi connectivity index (χ3v) is 5.24. The molecular formula is C15H24N2OS. The summed E-state index contributed by atoms with van der Waals surface area (Å²) < 4.78 is 14.8. The first-order valence-electron chi connectivity index (χ1n) is 7.13. The normalized spacial score (nSPS) is 21.8. The van der Waals surface area contributed by atoms with E-state index in [1.807, 2.05) is 30.3 Å². The van der Waals surface area contributed by atoms with E-state index in [-0.39, 0.29) is 0 Å². The molecule has 0 bridgehead atoms. The third kappa shape index (κ3) is 4.13. The van der Waals surface area contributed by atoms with Crippen molar-refractivity contribution < 1.29 is 4.21 Å². The molecule has 1 fully saturated rings. The summed E-state index contributed by atoms with van der Waals surface area (Å²) in [6, 6.07) is 10.1. The highest BCUT2D eigenvalue weighted by Gasteiger charge is 2.23. The SMILES string of the molecule is CC(C)N(CC1CCCNC1)S(=O)c1ccccc1. The largest absolute Gasteiger partial charge is 0.316 e. The Morgan fingerprint density at radius 1 is 1.37 bits per heavy atom. The van der Waals surface area contributed by atoms with Crippen LogP contribution in [0.2, 0.25) is 0 Å². The lowest BCUT2D eigenvalue weighted by Crippen LogP contribution is -2.42. The zero-order valence-electron chi connectivity index (χ0n) is 11.8. The Labute approximate surface area is 119 Å². The Balaban J connectivity index is 2.05. The number of hydrogen-bond acceptors (Lipinski definition) is 2. The van der Waals surface area contributed by atoms with Gasteiger partial charge in [-0.3, -0.25) is 0 Å². The lowest BCUT2D eigenvalue weighted by Gasteiger charge is -2.31. The Hall–Kier alpha value is -0.710. The summed E-state index contributed by atoms with van der Waals surface area (Å²) in [5, 5.41) is 3.43. The van der Waals surface area contributed by atoms with Gasteiger partial charge in [0.1, 0.15) is 11.0 Å². The van der Waals surface area contributed by atoms with Crippen LogP contribution in [0.25, 0.3) is 0 Å². The molecule has 0 saturated carbocycles. The molecular weight excluding hydrogens is 256 g/mol. The van der Waals surface area contributed by atoms with Crippen LogP contribution in [0.3, 0.4) is 0 Å². The zero-order valence-corrected chi connectivity index (χ0v) is 12.7. The molecule has 1 aromatic carbocycles. The summed E-state index contributed by atoms with van der Waals surface area (Å²) in [4.78, 5) is 0.903. The Kier molecular flexibility index (Phi) is 5.55. The van der Waals surface area contributed by atoms with Gasteiger partial charge in [-0.15, -0.1) is 0 Å². The van der Waals surface area contributed by atoms with Crippen molar-refractivity contribution in [1.82, 2.24) is 9.62 Å². The van der Waals surface area contributed by atoms with Gasteiger partial charge in [0, 0.05) is 12.6 Å². The lowest BCUT2D eigenvalue weighted by molar-refractivity contribution is 0.273. The van der Waals surface area contributed by atoms with E-state index in [2.05, 4.69) is 23.5 Å². The van der Waals surface area contributed by atoms with Crippen molar-refractivity contribution in [3.63, 3.8) is 0 Å². The van der Waals surface area contributed by atoms with Crippen molar-refractivity contribution in [2.24, 2.45) is 5.92 Å². The molecule has 19 heavy (non-hydrogen) atoms. The summed E-state index contributed by atoms with van der Waals surface area (Å²) in [5.74, 6) is 0.615. The fraction of sp³-hybridized carbons (Fsp3) is 0.600. The minimum Gasteiger partial charge on any atom is -0.316 e. The first kappa shape index (κ1) is 14.7. The Morgan fingerprint density at radius 2 is 2.11 bits per heavy atom. The summed E-state index contributed by atoms with van der Waals surface area (Å²) in [5.41, 5.74) is 0. The van der Waals surface area contributed by atoms with Gasteiger partial charge < -0.3 is 5.32 Å². The molecule has 0 radical (unpaired) electrons. The maximum absolute atomic E-state index is 12.7. The Morgan fingerprint density at radius 3 is 2.68 bits per heavy atom. The maximum atomic E-state index is 12.7. The van der Waals surface area contributed by atoms with Crippen LogP contribution in [0.5, 0.6) is 0 Å². The third-order valence-electron chi connectivity index (χ3n) is 3.57. The molecule has 1 aromatic rings. The van der Waals surface area contributed by atoms with E-state index < -0.39 is 11.0 Å². The summed E-state index contributed by atoms with van der Waals surface area (Å²) in [6.07, 6.45) is 2.47. The number of benzene rings is 1. The van der Waals surface area contributed by atoms with Gasteiger partial charge in [-0.2, -0.15) is 0 Å². The molecule has 1 aliphatic rings. The minimum atomic E-state index is -1.05. The first-order valence-corrected chi connectivity index (χ1v) is 8.23. The van der Waals surface area contributed by atoms with Gasteiger partial charge in [0.05, 0.1) is 4.90 Å². The standard InChI is InChI=1S/C15H24N2OS/c1-13(2)17(12-14-7-6-10-16-11-14)19(18)15-8-4-3-5-9-15/h3-5,8-9,13-14,16H,6-7,10-12H2,1-2H3. The van der Waals surface area contributed by atoms with Gasteiger partial charge in [-0.1, -0.05) is 18.2 Å². The van der Waals surface area contributed by atoms with Crippen LogP contribution in [0.15, 0.2) is 35.2 Å². The van der Waals surface area contributed by atoms with Crippen LogP contribution in [0, 0.1) is 5.92 Å². The van der Waals surface area contributed by atoms with Crippen molar-refractivity contribution in [3.8, 4) is 0 Å². The van der Waals surface area contributed by atoms with E-state index in [0.717, 1.165) is 24.5 Å². The van der Waals surface area contributed by atoms with Crippen LogP contribution >= 0.6 is 0 Å². The van der Waals surface area contributed by atoms with Crippen LogP contribution in [0.1, 0.15) is 26.7 Å². The predicted molar refractivity (Wildman–Crippen MR) is 80.3 cm³/mol. The molecule has 3 nitrogen and oxygen atoms in total. The second kappa shape index (κ2) is 7.17. The van der Waals surface area contributed by atoms with Crippen molar-refractivity contribution >= 4 is 11.0 Å². The number of rotatable bonds is 5. The highest BCUT2D eigenvalue weighted by Crippen LogP contribution is 2.18. The molecule has 2 rings (SSSR count). The van der Waals surface area contributed by atoms with E-state index in [1.165, 1.54) is 12.8 Å². The van der Waals surface area contributed by atoms with Crippen LogP contribution in [-0.2, 0) is 11.0 Å². The van der Waals surface area contributed by atoms with E-state index in [4.69, 9.17) is 0 Å². The summed E-state index contributed by atoms with van der Waals surface area (Å²) in [7, 11) is -1.05. The van der Waals surface area contributed by atoms with Crippen molar-refractivity contribution in [3.05, 3.63) is 30.3 Å². The molecule has 0 spiro atoms. The van der Waals surface area contributed by atoms with E-state index in [1.54, 1.807) is 0 Å². The van der Waals surface area contributed by atoms with Gasteiger partial charge in [0.2, 0.25) is 0 Å². The molecule has 0 aromatic heterocycles. The highest BCUT2D eigenvalue weighted by atomic mass is 32.2. The molecule has 1 heterocycles. The smallest absolute Gasteiger partial charge is 0.127 e. The Bertz CT molecular complexity index is 402. The fourth-order valence-electron chi connectivity index (χ4n) is 2.48. The lowest BCUT2D eigenvalue weighted by atomic mass is 9.99. The van der Waals surface area contributed by atoms with Crippen molar-refractivity contribution in [1.29, 1.82) is 0 Å². The second-order valence-electron chi connectivity index (χ2n) is 5.47. The summed E-state index contributed by atoms with van der Waals surface area (Å²) >= 11 is 0. The topological polar surface area (TPSA) is 32.3 Å². The maximum Gasteiger partial charge on any atom is 0.127 e. The van der Waals surface area contributed by atoms with Gasteiger partial charge in [-0.25, -0.2) is 8.51 Å².